The molecule has 36 heavy (non-hydrogen) atoms. The van der Waals surface area contributed by atoms with Crippen LogP contribution in [0, 0.1) is 11.7 Å². The van der Waals surface area contributed by atoms with Gasteiger partial charge >= 0.3 is 5.97 Å². The van der Waals surface area contributed by atoms with Gasteiger partial charge in [-0.05, 0) is 68.4 Å². The molecule has 0 spiro atoms. The van der Waals surface area contributed by atoms with E-state index in [1.165, 1.54) is 17.2 Å². The Hall–Kier alpha value is -3.25. The predicted molar refractivity (Wildman–Crippen MR) is 137 cm³/mol. The number of aromatic nitrogens is 1. The summed E-state index contributed by atoms with van der Waals surface area (Å²) < 4.78 is 26.5. The molecule has 1 saturated heterocycles. The van der Waals surface area contributed by atoms with Crippen molar-refractivity contribution in [1.29, 1.82) is 0 Å². The third kappa shape index (κ3) is 5.59. The second kappa shape index (κ2) is 10.0. The van der Waals surface area contributed by atoms with E-state index in [2.05, 4.69) is 40.2 Å². The van der Waals surface area contributed by atoms with E-state index >= 15 is 0 Å². The summed E-state index contributed by atoms with van der Waals surface area (Å²) in [7, 11) is 0. The molecule has 1 aromatic heterocycles. The summed E-state index contributed by atoms with van der Waals surface area (Å²) >= 11 is 0. The minimum absolute atomic E-state index is 0.0174. The molecule has 1 aliphatic carbocycles. The maximum atomic E-state index is 14.9. The van der Waals surface area contributed by atoms with E-state index in [1.807, 2.05) is 18.3 Å². The fourth-order valence-corrected chi connectivity index (χ4v) is 4.82. The SMILES string of the molecule is CC(C)(C)OC(=O)c1cc(C2CC2)c(OCC2CN(C(c3ccccc3)c3cccnc3)C2)cc1F. The molecular formula is C30H33FN2O3. The van der Waals surface area contributed by atoms with Crippen molar-refractivity contribution in [3.05, 3.63) is 95.1 Å². The van der Waals surface area contributed by atoms with E-state index in [0.29, 0.717) is 24.2 Å². The molecule has 0 N–H and O–H groups in total. The molecule has 1 aliphatic heterocycles. The lowest BCUT2D eigenvalue weighted by Crippen LogP contribution is -2.51. The number of rotatable bonds is 8. The van der Waals surface area contributed by atoms with Crippen molar-refractivity contribution in [1.82, 2.24) is 9.88 Å². The van der Waals surface area contributed by atoms with Crippen LogP contribution in [0.5, 0.6) is 5.75 Å². The Kier molecular flexibility index (Phi) is 6.80. The Morgan fingerprint density at radius 1 is 1.08 bits per heavy atom. The predicted octanol–water partition coefficient (Wildman–Crippen LogP) is 6.15. The van der Waals surface area contributed by atoms with Gasteiger partial charge in [-0.25, -0.2) is 9.18 Å². The van der Waals surface area contributed by atoms with Gasteiger partial charge in [0, 0.05) is 37.5 Å². The molecule has 1 saturated carbocycles. The minimum atomic E-state index is -0.679. The van der Waals surface area contributed by atoms with Crippen molar-refractivity contribution in [2.45, 2.75) is 51.2 Å². The summed E-state index contributed by atoms with van der Waals surface area (Å²) in [6.45, 7) is 7.61. The normalized spacial score (nSPS) is 17.3. The zero-order valence-electron chi connectivity index (χ0n) is 21.1. The van der Waals surface area contributed by atoms with Crippen molar-refractivity contribution in [3.8, 4) is 5.75 Å². The van der Waals surface area contributed by atoms with Gasteiger partial charge in [-0.2, -0.15) is 0 Å². The molecule has 0 amide bonds. The van der Waals surface area contributed by atoms with Gasteiger partial charge in [0.1, 0.15) is 17.2 Å². The van der Waals surface area contributed by atoms with Crippen LogP contribution in [0.15, 0.2) is 67.0 Å². The second-order valence-electron chi connectivity index (χ2n) is 10.9. The van der Waals surface area contributed by atoms with Crippen molar-refractivity contribution in [3.63, 3.8) is 0 Å². The van der Waals surface area contributed by atoms with Crippen LogP contribution in [0.1, 0.15) is 72.6 Å². The van der Waals surface area contributed by atoms with Crippen molar-refractivity contribution >= 4 is 5.97 Å². The Labute approximate surface area is 212 Å². The number of likely N-dealkylation sites (tertiary alicyclic amines) is 1. The van der Waals surface area contributed by atoms with Crippen LogP contribution < -0.4 is 4.74 Å². The van der Waals surface area contributed by atoms with Gasteiger partial charge in [0.25, 0.3) is 0 Å². The molecule has 2 aliphatic rings. The third-order valence-electron chi connectivity index (χ3n) is 6.68. The topological polar surface area (TPSA) is 51.7 Å². The summed E-state index contributed by atoms with van der Waals surface area (Å²) in [5.41, 5.74) is 2.61. The average molecular weight is 489 g/mol. The molecular weight excluding hydrogens is 455 g/mol. The lowest BCUT2D eigenvalue weighted by atomic mass is 9.91. The highest BCUT2D eigenvalue weighted by Gasteiger charge is 2.36. The van der Waals surface area contributed by atoms with Gasteiger partial charge in [-0.1, -0.05) is 36.4 Å². The highest BCUT2D eigenvalue weighted by atomic mass is 19.1. The van der Waals surface area contributed by atoms with Gasteiger partial charge in [0.05, 0.1) is 18.2 Å². The number of carbonyl (C=O) groups excluding carboxylic acids is 1. The van der Waals surface area contributed by atoms with E-state index in [4.69, 9.17) is 9.47 Å². The molecule has 5 rings (SSSR count). The van der Waals surface area contributed by atoms with Gasteiger partial charge in [0.2, 0.25) is 0 Å². The monoisotopic (exact) mass is 488 g/mol. The lowest BCUT2D eigenvalue weighted by molar-refractivity contribution is 0.00643. The summed E-state index contributed by atoms with van der Waals surface area (Å²) in [4.78, 5) is 19.3. The zero-order chi connectivity index (χ0) is 25.3. The number of ether oxygens (including phenoxy) is 2. The van der Waals surface area contributed by atoms with Gasteiger partial charge < -0.3 is 9.47 Å². The highest BCUT2D eigenvalue weighted by molar-refractivity contribution is 5.90. The average Bonchev–Trinajstić information content (AvgIpc) is 3.66. The van der Waals surface area contributed by atoms with Crippen LogP contribution in [0.3, 0.4) is 0 Å². The molecule has 188 valence electrons. The Balaban J connectivity index is 1.26. The maximum absolute atomic E-state index is 14.9. The Morgan fingerprint density at radius 2 is 1.81 bits per heavy atom. The Bertz CT molecular complexity index is 1160. The van der Waals surface area contributed by atoms with Crippen LogP contribution in [0.4, 0.5) is 4.39 Å². The van der Waals surface area contributed by atoms with Crippen LogP contribution >= 0.6 is 0 Å². The molecule has 3 aromatic rings. The molecule has 2 heterocycles. The van der Waals surface area contributed by atoms with E-state index < -0.39 is 17.4 Å². The quantitative estimate of drug-likeness (QED) is 0.356. The van der Waals surface area contributed by atoms with Crippen molar-refractivity contribution in [2.24, 2.45) is 5.92 Å². The van der Waals surface area contributed by atoms with E-state index in [9.17, 15) is 9.18 Å². The molecule has 1 atom stereocenters. The number of pyridine rings is 1. The zero-order valence-corrected chi connectivity index (χ0v) is 21.1. The van der Waals surface area contributed by atoms with Crippen LogP contribution in [0.25, 0.3) is 0 Å². The van der Waals surface area contributed by atoms with Crippen LogP contribution in [-0.4, -0.2) is 41.2 Å². The summed E-state index contributed by atoms with van der Waals surface area (Å²) in [5, 5.41) is 0. The number of halogens is 1. The summed E-state index contributed by atoms with van der Waals surface area (Å²) in [6, 6.07) is 17.7. The molecule has 0 bridgehead atoms. The van der Waals surface area contributed by atoms with Crippen LogP contribution in [0.2, 0.25) is 0 Å². The number of carbonyl (C=O) groups is 1. The molecule has 1 unspecified atom stereocenters. The lowest BCUT2D eigenvalue weighted by Gasteiger charge is -2.44. The maximum Gasteiger partial charge on any atom is 0.341 e. The first-order chi connectivity index (χ1) is 17.3. The number of hydrogen-bond donors (Lipinski definition) is 0. The smallest absolute Gasteiger partial charge is 0.341 e. The Morgan fingerprint density at radius 3 is 2.44 bits per heavy atom. The second-order valence-corrected chi connectivity index (χ2v) is 10.9. The first kappa shape index (κ1) is 24.4. The molecule has 2 aromatic carbocycles. The highest BCUT2D eigenvalue weighted by Crippen LogP contribution is 2.45. The third-order valence-corrected chi connectivity index (χ3v) is 6.68. The minimum Gasteiger partial charge on any atom is -0.493 e. The number of esters is 1. The van der Waals surface area contributed by atoms with Gasteiger partial charge in [-0.15, -0.1) is 0 Å². The van der Waals surface area contributed by atoms with E-state index in [-0.39, 0.29) is 11.6 Å². The summed E-state index contributed by atoms with van der Waals surface area (Å²) in [6.07, 6.45) is 5.77. The van der Waals surface area contributed by atoms with Crippen molar-refractivity contribution in [2.75, 3.05) is 19.7 Å². The van der Waals surface area contributed by atoms with Crippen LogP contribution in [-0.2, 0) is 4.74 Å². The standard InChI is InChI=1S/C30H33FN2O3/c1-30(2,3)36-29(34)25-14-24(21-11-12-21)27(15-26(25)31)35-19-20-17-33(18-20)28(22-8-5-4-6-9-22)23-10-7-13-32-16-23/h4-10,13-16,20-21,28H,11-12,17-19H2,1-3H3. The number of hydrogen-bond acceptors (Lipinski definition) is 5. The molecule has 6 heteroatoms. The molecule has 2 fully saturated rings. The van der Waals surface area contributed by atoms with Gasteiger partial charge in [-0.3, -0.25) is 9.88 Å². The summed E-state index contributed by atoms with van der Waals surface area (Å²) in [5.74, 6) is -0.0288. The number of benzene rings is 2. The number of nitrogens with zero attached hydrogens (tertiary/aromatic N) is 2. The molecule has 5 nitrogen and oxygen atoms in total. The fraction of sp³-hybridized carbons (Fsp3) is 0.400. The van der Waals surface area contributed by atoms with E-state index in [0.717, 1.165) is 31.5 Å². The molecule has 0 radical (unpaired) electrons. The fourth-order valence-electron chi connectivity index (χ4n) is 4.82. The van der Waals surface area contributed by atoms with Crippen molar-refractivity contribution < 1.29 is 18.7 Å². The first-order valence-corrected chi connectivity index (χ1v) is 12.7. The largest absolute Gasteiger partial charge is 0.493 e. The van der Waals surface area contributed by atoms with Gasteiger partial charge in [0.15, 0.2) is 0 Å². The van der Waals surface area contributed by atoms with E-state index in [1.54, 1.807) is 33.0 Å². The first-order valence-electron chi connectivity index (χ1n) is 12.7.